The first-order chi connectivity index (χ1) is 13.5. The van der Waals surface area contributed by atoms with Gasteiger partial charge in [0.15, 0.2) is 5.75 Å². The molecule has 1 aromatic carbocycles. The van der Waals surface area contributed by atoms with Gasteiger partial charge in [0.2, 0.25) is 0 Å². The van der Waals surface area contributed by atoms with Crippen LogP contribution in [-0.4, -0.2) is 56.9 Å². The predicted octanol–water partition coefficient (Wildman–Crippen LogP) is 4.49. The number of anilines is 1. The van der Waals surface area contributed by atoms with Gasteiger partial charge in [-0.2, -0.15) is 0 Å². The summed E-state index contributed by atoms with van der Waals surface area (Å²) in [5.41, 5.74) is 2.51. The fraction of sp³-hybridized carbons (Fsp3) is 0.591. The summed E-state index contributed by atoms with van der Waals surface area (Å²) in [6.07, 6.45) is 2.22. The number of hydrogen-bond donors (Lipinski definition) is 1. The van der Waals surface area contributed by atoms with Gasteiger partial charge in [-0.1, -0.05) is 13.8 Å². The molecular formula is C22H35N3O3. The van der Waals surface area contributed by atoms with Gasteiger partial charge in [-0.25, -0.2) is 4.98 Å². The third-order valence-corrected chi connectivity index (χ3v) is 5.14. The number of rotatable bonds is 11. The average Bonchev–Trinajstić information content (AvgIpc) is 2.70. The van der Waals surface area contributed by atoms with Gasteiger partial charge < -0.3 is 24.4 Å². The Morgan fingerprint density at radius 2 is 1.71 bits per heavy atom. The molecule has 1 atom stereocenters. The van der Waals surface area contributed by atoms with Crippen molar-refractivity contribution >= 4 is 16.6 Å². The summed E-state index contributed by atoms with van der Waals surface area (Å²) < 4.78 is 17.0. The minimum absolute atomic E-state index is 0.302. The van der Waals surface area contributed by atoms with E-state index in [1.165, 1.54) is 0 Å². The van der Waals surface area contributed by atoms with Crippen molar-refractivity contribution in [3.8, 4) is 17.2 Å². The number of aryl methyl sites for hydroxylation is 1. The Labute approximate surface area is 169 Å². The van der Waals surface area contributed by atoms with Crippen molar-refractivity contribution < 1.29 is 14.2 Å². The molecule has 2 rings (SSSR count). The van der Waals surface area contributed by atoms with Crippen molar-refractivity contribution in [1.82, 2.24) is 9.88 Å². The Hall–Kier alpha value is -2.21. The highest BCUT2D eigenvalue weighted by molar-refractivity contribution is 6.00. The number of aromatic nitrogens is 1. The quantitative estimate of drug-likeness (QED) is 0.611. The molecule has 1 N–H and O–H groups in total. The number of hydrogen-bond acceptors (Lipinski definition) is 6. The van der Waals surface area contributed by atoms with Gasteiger partial charge in [-0.05, 0) is 46.3 Å². The number of benzene rings is 1. The highest BCUT2D eigenvalue weighted by atomic mass is 16.5. The topological polar surface area (TPSA) is 55.9 Å². The van der Waals surface area contributed by atoms with E-state index in [0.29, 0.717) is 11.8 Å². The van der Waals surface area contributed by atoms with Crippen LogP contribution in [0.4, 0.5) is 5.69 Å². The van der Waals surface area contributed by atoms with Crippen LogP contribution in [0.1, 0.15) is 39.3 Å². The lowest BCUT2D eigenvalue weighted by molar-refractivity contribution is 0.295. The Balaban J connectivity index is 2.32. The summed E-state index contributed by atoms with van der Waals surface area (Å²) in [6.45, 7) is 11.9. The number of methoxy groups -OCH3 is 3. The fourth-order valence-electron chi connectivity index (χ4n) is 3.57. The van der Waals surface area contributed by atoms with Gasteiger partial charge in [0, 0.05) is 23.9 Å². The highest BCUT2D eigenvalue weighted by Crippen LogP contribution is 2.44. The van der Waals surface area contributed by atoms with Crippen molar-refractivity contribution in [2.45, 2.75) is 46.6 Å². The van der Waals surface area contributed by atoms with Crippen molar-refractivity contribution in [2.75, 3.05) is 46.3 Å². The van der Waals surface area contributed by atoms with E-state index in [1.54, 1.807) is 21.3 Å². The van der Waals surface area contributed by atoms with Gasteiger partial charge in [0.1, 0.15) is 17.0 Å². The maximum atomic E-state index is 5.77. The first-order valence-corrected chi connectivity index (χ1v) is 10.1. The van der Waals surface area contributed by atoms with Crippen LogP contribution in [0.2, 0.25) is 0 Å². The molecule has 0 unspecified atom stereocenters. The number of pyridine rings is 1. The van der Waals surface area contributed by atoms with Crippen LogP contribution in [0, 0.1) is 6.92 Å². The lowest BCUT2D eigenvalue weighted by Crippen LogP contribution is -2.25. The fourth-order valence-corrected chi connectivity index (χ4v) is 3.57. The van der Waals surface area contributed by atoms with Crippen LogP contribution in [0.15, 0.2) is 12.1 Å². The maximum absolute atomic E-state index is 5.77. The molecule has 0 amide bonds. The third-order valence-electron chi connectivity index (χ3n) is 5.14. The molecule has 28 heavy (non-hydrogen) atoms. The molecule has 6 nitrogen and oxygen atoms in total. The van der Waals surface area contributed by atoms with E-state index < -0.39 is 0 Å². The van der Waals surface area contributed by atoms with Crippen molar-refractivity contribution in [2.24, 2.45) is 0 Å². The first-order valence-electron chi connectivity index (χ1n) is 10.1. The Morgan fingerprint density at radius 3 is 2.29 bits per heavy atom. The number of nitrogens with zero attached hydrogens (tertiary/aromatic N) is 2. The summed E-state index contributed by atoms with van der Waals surface area (Å²) in [5, 5.41) is 4.42. The van der Waals surface area contributed by atoms with Gasteiger partial charge in [-0.3, -0.25) is 0 Å². The molecule has 6 heteroatoms. The summed E-state index contributed by atoms with van der Waals surface area (Å²) in [5.74, 6) is 2.17. The number of nitrogens with one attached hydrogen (secondary N) is 1. The van der Waals surface area contributed by atoms with Gasteiger partial charge >= 0.3 is 0 Å². The zero-order chi connectivity index (χ0) is 20.7. The molecule has 156 valence electrons. The molecule has 0 fully saturated rings. The van der Waals surface area contributed by atoms with E-state index in [4.69, 9.17) is 14.2 Å². The van der Waals surface area contributed by atoms with E-state index in [-0.39, 0.29) is 0 Å². The summed E-state index contributed by atoms with van der Waals surface area (Å²) >= 11 is 0. The van der Waals surface area contributed by atoms with E-state index in [9.17, 15) is 0 Å². The highest BCUT2D eigenvalue weighted by Gasteiger charge is 2.20. The van der Waals surface area contributed by atoms with Crippen LogP contribution in [-0.2, 0) is 0 Å². The smallest absolute Gasteiger partial charge is 0.155 e. The van der Waals surface area contributed by atoms with Gasteiger partial charge in [0.25, 0.3) is 0 Å². The predicted molar refractivity (Wildman–Crippen MR) is 116 cm³/mol. The SMILES string of the molecule is CCN(CC)CCC[C@@H](C)Nc1cc(OC)c2nc(C)cc(OC)c2c1OC. The van der Waals surface area contributed by atoms with Crippen LogP contribution < -0.4 is 19.5 Å². The van der Waals surface area contributed by atoms with E-state index in [2.05, 4.69) is 36.0 Å². The molecule has 0 aliphatic carbocycles. The summed E-state index contributed by atoms with van der Waals surface area (Å²) in [7, 11) is 5.00. The second kappa shape index (κ2) is 10.4. The van der Waals surface area contributed by atoms with Gasteiger partial charge in [-0.15, -0.1) is 0 Å². The normalized spacial score (nSPS) is 12.3. The van der Waals surface area contributed by atoms with Gasteiger partial charge in [0.05, 0.1) is 32.4 Å². The summed E-state index contributed by atoms with van der Waals surface area (Å²) in [6, 6.07) is 4.19. The molecule has 1 aromatic heterocycles. The van der Waals surface area contributed by atoms with Crippen LogP contribution in [0.3, 0.4) is 0 Å². The minimum atomic E-state index is 0.302. The van der Waals surface area contributed by atoms with Crippen LogP contribution >= 0.6 is 0 Å². The number of ether oxygens (including phenoxy) is 3. The van der Waals surface area contributed by atoms with Crippen molar-refractivity contribution in [1.29, 1.82) is 0 Å². The average molecular weight is 390 g/mol. The molecule has 0 saturated heterocycles. The molecule has 0 bridgehead atoms. The third kappa shape index (κ3) is 4.98. The lowest BCUT2D eigenvalue weighted by atomic mass is 10.1. The summed E-state index contributed by atoms with van der Waals surface area (Å²) in [4.78, 5) is 7.10. The van der Waals surface area contributed by atoms with Crippen molar-refractivity contribution in [3.05, 3.63) is 17.8 Å². The first kappa shape index (κ1) is 22.1. The second-order valence-electron chi connectivity index (χ2n) is 7.06. The Kier molecular flexibility index (Phi) is 8.18. The zero-order valence-corrected chi connectivity index (χ0v) is 18.4. The standard InChI is InChI=1S/C22H35N3O3/c1-8-25(9-2)12-10-11-15(3)23-17-14-19(27-6)21-20(22(17)28-7)18(26-5)13-16(4)24-21/h13-15,23H,8-12H2,1-7H3/t15-/m1/s1. The van der Waals surface area contributed by atoms with Crippen LogP contribution in [0.5, 0.6) is 17.2 Å². The molecular weight excluding hydrogens is 354 g/mol. The Morgan fingerprint density at radius 1 is 1.04 bits per heavy atom. The largest absolute Gasteiger partial charge is 0.496 e. The Bertz CT molecular complexity index is 775. The molecule has 0 radical (unpaired) electrons. The molecule has 0 aliphatic rings. The zero-order valence-electron chi connectivity index (χ0n) is 18.4. The van der Waals surface area contributed by atoms with Crippen LogP contribution in [0.25, 0.3) is 10.9 Å². The molecule has 2 aromatic rings. The molecule has 0 aliphatic heterocycles. The second-order valence-corrected chi connectivity index (χ2v) is 7.06. The lowest BCUT2D eigenvalue weighted by Gasteiger charge is -2.22. The molecule has 0 spiro atoms. The van der Waals surface area contributed by atoms with E-state index >= 15 is 0 Å². The van der Waals surface area contributed by atoms with E-state index in [1.807, 2.05) is 19.1 Å². The van der Waals surface area contributed by atoms with Crippen molar-refractivity contribution in [3.63, 3.8) is 0 Å². The minimum Gasteiger partial charge on any atom is -0.496 e. The number of fused-ring (bicyclic) bond motifs is 1. The monoisotopic (exact) mass is 389 g/mol. The molecule has 0 saturated carbocycles. The maximum Gasteiger partial charge on any atom is 0.155 e. The molecule has 1 heterocycles. The van der Waals surface area contributed by atoms with E-state index in [0.717, 1.165) is 66.3 Å².